The molecule has 0 saturated carbocycles. The molecule has 6 nitrogen and oxygen atoms in total. The number of nitro benzene ring substituents is 1. The predicted octanol–water partition coefficient (Wildman–Crippen LogP) is 4.73. The Labute approximate surface area is 151 Å². The maximum absolute atomic E-state index is 12.1. The number of hydrogen-bond acceptors (Lipinski definition) is 6. The summed E-state index contributed by atoms with van der Waals surface area (Å²) < 4.78 is 5.15. The van der Waals surface area contributed by atoms with E-state index in [0.29, 0.717) is 15.6 Å². The highest BCUT2D eigenvalue weighted by Crippen LogP contribution is 2.26. The van der Waals surface area contributed by atoms with E-state index in [2.05, 4.69) is 4.98 Å². The van der Waals surface area contributed by atoms with Crippen molar-refractivity contribution in [2.75, 3.05) is 0 Å². The highest BCUT2D eigenvalue weighted by Gasteiger charge is 2.17. The Morgan fingerprint density at radius 3 is 2.80 bits per heavy atom. The smallest absolute Gasteiger partial charge is 0.358 e. The topological polar surface area (TPSA) is 82.3 Å². The highest BCUT2D eigenvalue weighted by molar-refractivity contribution is 7.13. The van der Waals surface area contributed by atoms with Crippen molar-refractivity contribution in [1.82, 2.24) is 4.98 Å². The van der Waals surface area contributed by atoms with Crippen LogP contribution in [0.15, 0.2) is 53.9 Å². The van der Waals surface area contributed by atoms with Gasteiger partial charge in [-0.3, -0.25) is 10.1 Å². The molecule has 3 rings (SSSR count). The lowest BCUT2D eigenvalue weighted by atomic mass is 10.2. The van der Waals surface area contributed by atoms with E-state index in [9.17, 15) is 14.9 Å². The van der Waals surface area contributed by atoms with Crippen molar-refractivity contribution in [2.24, 2.45) is 0 Å². The van der Waals surface area contributed by atoms with Gasteiger partial charge in [0.2, 0.25) is 0 Å². The van der Waals surface area contributed by atoms with Gasteiger partial charge in [0.05, 0.1) is 10.5 Å². The van der Waals surface area contributed by atoms with Gasteiger partial charge in [0, 0.05) is 22.0 Å². The molecule has 0 spiro atoms. The van der Waals surface area contributed by atoms with Crippen molar-refractivity contribution < 1.29 is 14.5 Å². The van der Waals surface area contributed by atoms with Crippen LogP contribution in [0.4, 0.5) is 5.69 Å². The van der Waals surface area contributed by atoms with Crippen molar-refractivity contribution in [1.29, 1.82) is 0 Å². The first-order chi connectivity index (χ1) is 12.0. The lowest BCUT2D eigenvalue weighted by Gasteiger charge is -2.04. The minimum absolute atomic E-state index is 0.0896. The third-order valence-corrected chi connectivity index (χ3v) is 4.46. The molecule has 1 aromatic heterocycles. The summed E-state index contributed by atoms with van der Waals surface area (Å²) in [7, 11) is 0. The molecule has 0 bridgehead atoms. The third-order valence-electron chi connectivity index (χ3n) is 3.33. The van der Waals surface area contributed by atoms with Gasteiger partial charge < -0.3 is 4.74 Å². The Bertz CT molecular complexity index is 942. The average molecular weight is 375 g/mol. The van der Waals surface area contributed by atoms with Gasteiger partial charge >= 0.3 is 5.97 Å². The Kier molecular flexibility index (Phi) is 5.06. The number of thiazole rings is 1. The SMILES string of the molecule is O=C(OCc1ccccc1[N+](=O)[O-])c1csc(-c2cccc(Cl)c2)n1. The number of para-hydroxylation sites is 1. The lowest BCUT2D eigenvalue weighted by molar-refractivity contribution is -0.385. The van der Waals surface area contributed by atoms with Crippen LogP contribution in [0, 0.1) is 10.1 Å². The number of esters is 1. The lowest BCUT2D eigenvalue weighted by Crippen LogP contribution is -2.07. The van der Waals surface area contributed by atoms with Crippen LogP contribution in [0.25, 0.3) is 10.6 Å². The van der Waals surface area contributed by atoms with Gasteiger partial charge in [-0.25, -0.2) is 9.78 Å². The van der Waals surface area contributed by atoms with E-state index < -0.39 is 10.9 Å². The molecule has 0 unspecified atom stereocenters. The van der Waals surface area contributed by atoms with Crippen LogP contribution in [0.1, 0.15) is 16.1 Å². The number of rotatable bonds is 5. The fourth-order valence-electron chi connectivity index (χ4n) is 2.15. The van der Waals surface area contributed by atoms with Gasteiger partial charge in [-0.05, 0) is 18.2 Å². The first kappa shape index (κ1) is 17.1. The number of nitrogens with zero attached hydrogens (tertiary/aromatic N) is 2. The quantitative estimate of drug-likeness (QED) is 0.366. The van der Waals surface area contributed by atoms with E-state index in [1.54, 1.807) is 41.8 Å². The minimum atomic E-state index is -0.636. The summed E-state index contributed by atoms with van der Waals surface area (Å²) in [6.07, 6.45) is 0. The first-order valence-electron chi connectivity index (χ1n) is 7.15. The molecule has 2 aromatic carbocycles. The summed E-state index contributed by atoms with van der Waals surface area (Å²) in [5.41, 5.74) is 1.19. The molecule has 0 aliphatic carbocycles. The molecule has 8 heteroatoms. The summed E-state index contributed by atoms with van der Waals surface area (Å²) in [6, 6.07) is 13.3. The van der Waals surface area contributed by atoms with Gasteiger partial charge in [0.1, 0.15) is 11.6 Å². The van der Waals surface area contributed by atoms with Crippen molar-refractivity contribution >= 4 is 34.6 Å². The Morgan fingerprint density at radius 1 is 1.24 bits per heavy atom. The summed E-state index contributed by atoms with van der Waals surface area (Å²) >= 11 is 7.24. The second kappa shape index (κ2) is 7.42. The van der Waals surface area contributed by atoms with Gasteiger partial charge in [0.15, 0.2) is 5.69 Å². The Balaban J connectivity index is 1.72. The Hall–Kier alpha value is -2.77. The average Bonchev–Trinajstić information content (AvgIpc) is 3.10. The zero-order valence-electron chi connectivity index (χ0n) is 12.7. The van der Waals surface area contributed by atoms with Crippen LogP contribution in [0.5, 0.6) is 0 Å². The van der Waals surface area contributed by atoms with Crippen LogP contribution in [-0.2, 0) is 11.3 Å². The zero-order valence-corrected chi connectivity index (χ0v) is 14.3. The maximum Gasteiger partial charge on any atom is 0.358 e. The van der Waals surface area contributed by atoms with E-state index >= 15 is 0 Å². The van der Waals surface area contributed by atoms with Crippen LogP contribution in [0.3, 0.4) is 0 Å². The molecule has 0 radical (unpaired) electrons. The summed E-state index contributed by atoms with van der Waals surface area (Å²) in [5, 5.41) is 13.8. The van der Waals surface area contributed by atoms with Crippen LogP contribution in [0.2, 0.25) is 5.02 Å². The van der Waals surface area contributed by atoms with Crippen molar-refractivity contribution in [3.63, 3.8) is 0 Å². The monoisotopic (exact) mass is 374 g/mol. The normalized spacial score (nSPS) is 10.4. The second-order valence-corrected chi connectivity index (χ2v) is 6.30. The van der Waals surface area contributed by atoms with Crippen LogP contribution >= 0.6 is 22.9 Å². The molecule has 0 fully saturated rings. The van der Waals surface area contributed by atoms with Gasteiger partial charge in [0.25, 0.3) is 5.69 Å². The number of aromatic nitrogens is 1. The molecule has 0 atom stereocenters. The first-order valence-corrected chi connectivity index (χ1v) is 8.41. The number of carbonyl (C=O) groups excluding carboxylic acids is 1. The Morgan fingerprint density at radius 2 is 2.04 bits per heavy atom. The predicted molar refractivity (Wildman–Crippen MR) is 94.8 cm³/mol. The number of halogens is 1. The van der Waals surface area contributed by atoms with E-state index in [0.717, 1.165) is 5.56 Å². The molecule has 0 N–H and O–H groups in total. The summed E-state index contributed by atoms with van der Waals surface area (Å²) in [4.78, 5) is 26.8. The number of ether oxygens (including phenoxy) is 1. The number of hydrogen-bond donors (Lipinski definition) is 0. The molecular weight excluding hydrogens is 364 g/mol. The molecule has 0 aliphatic heterocycles. The molecule has 126 valence electrons. The van der Waals surface area contributed by atoms with Crippen molar-refractivity contribution in [3.05, 3.63) is 80.3 Å². The van der Waals surface area contributed by atoms with E-state index in [1.165, 1.54) is 17.4 Å². The van der Waals surface area contributed by atoms with E-state index in [4.69, 9.17) is 16.3 Å². The van der Waals surface area contributed by atoms with Crippen LogP contribution in [-0.4, -0.2) is 15.9 Å². The summed E-state index contributed by atoms with van der Waals surface area (Å²) in [5.74, 6) is -0.636. The molecule has 0 aliphatic rings. The number of carbonyl (C=O) groups is 1. The molecule has 0 saturated heterocycles. The second-order valence-electron chi connectivity index (χ2n) is 5.01. The van der Waals surface area contributed by atoms with E-state index in [-0.39, 0.29) is 18.0 Å². The fraction of sp³-hybridized carbons (Fsp3) is 0.0588. The fourth-order valence-corrected chi connectivity index (χ4v) is 3.13. The van der Waals surface area contributed by atoms with Gasteiger partial charge in [-0.2, -0.15) is 0 Å². The zero-order chi connectivity index (χ0) is 17.8. The van der Waals surface area contributed by atoms with E-state index in [1.807, 2.05) is 6.07 Å². The molecule has 0 amide bonds. The molecular formula is C17H11ClN2O4S. The van der Waals surface area contributed by atoms with Gasteiger partial charge in [-0.15, -0.1) is 11.3 Å². The minimum Gasteiger partial charge on any atom is -0.456 e. The number of benzene rings is 2. The number of nitro groups is 1. The maximum atomic E-state index is 12.1. The molecule has 1 heterocycles. The standard InChI is InChI=1S/C17H11ClN2O4S/c18-13-6-3-5-11(8-13)16-19-14(10-25-16)17(21)24-9-12-4-1-2-7-15(12)20(22)23/h1-8,10H,9H2. The highest BCUT2D eigenvalue weighted by atomic mass is 35.5. The molecule has 3 aromatic rings. The van der Waals surface area contributed by atoms with Crippen molar-refractivity contribution in [3.8, 4) is 10.6 Å². The van der Waals surface area contributed by atoms with Gasteiger partial charge in [-0.1, -0.05) is 35.9 Å². The molecule has 25 heavy (non-hydrogen) atoms. The van der Waals surface area contributed by atoms with Crippen LogP contribution < -0.4 is 0 Å². The van der Waals surface area contributed by atoms with Crippen molar-refractivity contribution in [2.45, 2.75) is 6.61 Å². The summed E-state index contributed by atoms with van der Waals surface area (Å²) in [6.45, 7) is -0.194. The largest absolute Gasteiger partial charge is 0.456 e. The third kappa shape index (κ3) is 4.01.